The van der Waals surface area contributed by atoms with Crippen molar-refractivity contribution in [2.45, 2.75) is 4.90 Å². The number of aliphatic carboxylic acids is 1. The molecule has 0 bridgehead atoms. The molecule has 2 N–H and O–H groups in total. The molecule has 1 heterocycles. The van der Waals surface area contributed by atoms with Gasteiger partial charge < -0.3 is 5.11 Å². The van der Waals surface area contributed by atoms with Gasteiger partial charge in [-0.15, -0.1) is 0 Å². The third kappa shape index (κ3) is 3.84. The van der Waals surface area contributed by atoms with Gasteiger partial charge >= 0.3 is 5.97 Å². The zero-order chi connectivity index (χ0) is 17.9. The fraction of sp³-hybridized carbons (Fsp3) is 0. The third-order valence-corrected chi connectivity index (χ3v) is 4.87. The van der Waals surface area contributed by atoms with Crippen molar-refractivity contribution in [1.82, 2.24) is 4.98 Å². The van der Waals surface area contributed by atoms with E-state index >= 15 is 0 Å². The quantitative estimate of drug-likeness (QED) is 0.686. The lowest BCUT2D eigenvalue weighted by molar-refractivity contribution is -0.131. The third-order valence-electron chi connectivity index (χ3n) is 3.49. The summed E-state index contributed by atoms with van der Waals surface area (Å²) in [6.07, 6.45) is 3.98. The summed E-state index contributed by atoms with van der Waals surface area (Å²) in [5.74, 6) is -1.07. The number of sulfonamides is 1. The maximum Gasteiger partial charge on any atom is 0.328 e. The first kappa shape index (κ1) is 16.7. The van der Waals surface area contributed by atoms with Crippen molar-refractivity contribution in [2.75, 3.05) is 4.72 Å². The van der Waals surface area contributed by atoms with Gasteiger partial charge in [0.2, 0.25) is 0 Å². The molecule has 0 radical (unpaired) electrons. The number of nitrogens with one attached hydrogen (secondary N) is 1. The fourth-order valence-electron chi connectivity index (χ4n) is 2.32. The van der Waals surface area contributed by atoms with E-state index < -0.39 is 16.0 Å². The Hall–Kier alpha value is -3.19. The molecule has 0 aliphatic carbocycles. The number of rotatable bonds is 5. The molecule has 2 aromatic carbocycles. The minimum atomic E-state index is -3.78. The lowest BCUT2D eigenvalue weighted by Gasteiger charge is -2.10. The molecule has 0 aliphatic heterocycles. The van der Waals surface area contributed by atoms with Crippen LogP contribution in [-0.2, 0) is 14.8 Å². The fourth-order valence-corrected chi connectivity index (χ4v) is 3.38. The van der Waals surface area contributed by atoms with Crippen LogP contribution in [0.5, 0.6) is 0 Å². The van der Waals surface area contributed by atoms with Crippen molar-refractivity contribution in [2.24, 2.45) is 0 Å². The number of hydrogen-bond donors (Lipinski definition) is 2. The normalized spacial score (nSPS) is 11.7. The lowest BCUT2D eigenvalue weighted by Crippen LogP contribution is -2.13. The van der Waals surface area contributed by atoms with E-state index in [1.165, 1.54) is 30.3 Å². The highest BCUT2D eigenvalue weighted by molar-refractivity contribution is 7.92. The average Bonchev–Trinajstić information content (AvgIpc) is 2.60. The topological polar surface area (TPSA) is 96.4 Å². The molecule has 0 fully saturated rings. The van der Waals surface area contributed by atoms with Crippen LogP contribution in [0.4, 0.5) is 5.69 Å². The van der Waals surface area contributed by atoms with Crippen LogP contribution >= 0.6 is 0 Å². The van der Waals surface area contributed by atoms with Gasteiger partial charge in [-0.25, -0.2) is 13.2 Å². The predicted octanol–water partition coefficient (Wildman–Crippen LogP) is 3.13. The number of nitrogens with zero attached hydrogens (tertiary/aromatic N) is 1. The minimum absolute atomic E-state index is 0.0768. The molecule has 0 atom stereocenters. The molecule has 0 spiro atoms. The van der Waals surface area contributed by atoms with Crippen molar-refractivity contribution in [3.63, 3.8) is 0 Å². The van der Waals surface area contributed by atoms with Crippen LogP contribution in [0, 0.1) is 0 Å². The highest BCUT2D eigenvalue weighted by Gasteiger charge is 2.15. The standard InChI is InChI=1S/C18H14N2O4S/c21-17(22)11-8-13-6-9-15(10-7-13)25(23,24)20-16-5-1-3-14-4-2-12-19-18(14)16/h1-12,20H,(H,21,22). The molecule has 25 heavy (non-hydrogen) atoms. The second kappa shape index (κ2) is 6.74. The number of carboxylic acid groups (broad SMARTS) is 1. The van der Waals surface area contributed by atoms with E-state index in [0.29, 0.717) is 16.8 Å². The first-order valence-electron chi connectivity index (χ1n) is 7.33. The van der Waals surface area contributed by atoms with Crippen LogP contribution in [0.2, 0.25) is 0 Å². The summed E-state index contributed by atoms with van der Waals surface area (Å²) < 4.78 is 27.7. The van der Waals surface area contributed by atoms with Crippen molar-refractivity contribution in [3.05, 3.63) is 72.4 Å². The van der Waals surface area contributed by atoms with Crippen LogP contribution in [-0.4, -0.2) is 24.5 Å². The number of anilines is 1. The van der Waals surface area contributed by atoms with Gasteiger partial charge in [-0.3, -0.25) is 9.71 Å². The number of pyridine rings is 1. The molecule has 0 amide bonds. The van der Waals surface area contributed by atoms with E-state index in [2.05, 4.69) is 9.71 Å². The maximum atomic E-state index is 12.6. The summed E-state index contributed by atoms with van der Waals surface area (Å²) in [5.41, 5.74) is 1.55. The van der Waals surface area contributed by atoms with Gasteiger partial charge in [0.05, 0.1) is 16.1 Å². The summed E-state index contributed by atoms with van der Waals surface area (Å²) in [6.45, 7) is 0. The zero-order valence-corrected chi connectivity index (χ0v) is 13.8. The Bertz CT molecular complexity index is 1050. The van der Waals surface area contributed by atoms with Crippen LogP contribution in [0.3, 0.4) is 0 Å². The van der Waals surface area contributed by atoms with Crippen molar-refractivity contribution >= 4 is 38.7 Å². The summed E-state index contributed by atoms with van der Waals surface area (Å²) >= 11 is 0. The Labute approximate surface area is 144 Å². The van der Waals surface area contributed by atoms with Gasteiger partial charge in [0, 0.05) is 17.7 Å². The maximum absolute atomic E-state index is 12.6. The van der Waals surface area contributed by atoms with Gasteiger partial charge in [0.15, 0.2) is 0 Å². The number of para-hydroxylation sites is 1. The molecule has 1 aromatic heterocycles. The molecule has 6 nitrogen and oxygen atoms in total. The van der Waals surface area contributed by atoms with E-state index in [4.69, 9.17) is 5.11 Å². The number of hydrogen-bond acceptors (Lipinski definition) is 4. The Morgan fingerprint density at radius 1 is 1.04 bits per heavy atom. The van der Waals surface area contributed by atoms with Crippen molar-refractivity contribution in [3.8, 4) is 0 Å². The van der Waals surface area contributed by atoms with E-state index in [1.807, 2.05) is 12.1 Å². The predicted molar refractivity (Wildman–Crippen MR) is 95.7 cm³/mol. The van der Waals surface area contributed by atoms with Crippen molar-refractivity contribution in [1.29, 1.82) is 0 Å². The van der Waals surface area contributed by atoms with Crippen LogP contribution in [0.1, 0.15) is 5.56 Å². The number of fused-ring (bicyclic) bond motifs is 1. The second-order valence-electron chi connectivity index (χ2n) is 5.23. The number of benzene rings is 2. The molecular weight excluding hydrogens is 340 g/mol. The molecule has 0 saturated heterocycles. The van der Waals surface area contributed by atoms with E-state index in [0.717, 1.165) is 11.5 Å². The summed E-state index contributed by atoms with van der Waals surface area (Å²) in [5, 5.41) is 9.44. The number of carbonyl (C=O) groups is 1. The summed E-state index contributed by atoms with van der Waals surface area (Å²) in [7, 11) is -3.78. The average molecular weight is 354 g/mol. The van der Waals surface area contributed by atoms with E-state index in [9.17, 15) is 13.2 Å². The number of carboxylic acids is 1. The monoisotopic (exact) mass is 354 g/mol. The first-order chi connectivity index (χ1) is 12.0. The minimum Gasteiger partial charge on any atom is -0.478 e. The smallest absolute Gasteiger partial charge is 0.328 e. The van der Waals surface area contributed by atoms with Gasteiger partial charge in [0.1, 0.15) is 0 Å². The van der Waals surface area contributed by atoms with E-state index in [-0.39, 0.29) is 4.90 Å². The van der Waals surface area contributed by atoms with Gasteiger partial charge in [-0.2, -0.15) is 0 Å². The molecule has 0 unspecified atom stereocenters. The van der Waals surface area contributed by atoms with E-state index in [1.54, 1.807) is 24.4 Å². The molecule has 0 saturated carbocycles. The van der Waals surface area contributed by atoms with Crippen LogP contribution < -0.4 is 4.72 Å². The lowest BCUT2D eigenvalue weighted by atomic mass is 10.2. The highest BCUT2D eigenvalue weighted by Crippen LogP contribution is 2.24. The molecule has 0 aliphatic rings. The second-order valence-corrected chi connectivity index (χ2v) is 6.91. The summed E-state index contributed by atoms with van der Waals surface area (Å²) in [4.78, 5) is 14.8. The van der Waals surface area contributed by atoms with Gasteiger partial charge in [0.25, 0.3) is 10.0 Å². The molecule has 7 heteroatoms. The highest BCUT2D eigenvalue weighted by atomic mass is 32.2. The summed E-state index contributed by atoms with van der Waals surface area (Å²) in [6, 6.07) is 14.8. The Morgan fingerprint density at radius 3 is 2.48 bits per heavy atom. The van der Waals surface area contributed by atoms with Gasteiger partial charge in [-0.05, 0) is 35.9 Å². The Morgan fingerprint density at radius 2 is 1.76 bits per heavy atom. The van der Waals surface area contributed by atoms with Crippen molar-refractivity contribution < 1.29 is 18.3 Å². The largest absolute Gasteiger partial charge is 0.478 e. The van der Waals surface area contributed by atoms with Gasteiger partial charge in [-0.1, -0.05) is 30.3 Å². The molecule has 126 valence electrons. The first-order valence-corrected chi connectivity index (χ1v) is 8.82. The number of aromatic nitrogens is 1. The Balaban J connectivity index is 1.90. The Kier molecular flexibility index (Phi) is 4.49. The molecule has 3 rings (SSSR count). The molecular formula is C18H14N2O4S. The van der Waals surface area contributed by atoms with Crippen LogP contribution in [0.25, 0.3) is 17.0 Å². The van der Waals surface area contributed by atoms with Crippen LogP contribution in [0.15, 0.2) is 71.8 Å². The zero-order valence-electron chi connectivity index (χ0n) is 13.0. The SMILES string of the molecule is O=C(O)C=Cc1ccc(S(=O)(=O)Nc2cccc3cccnc23)cc1. The molecule has 3 aromatic rings.